The zero-order valence-corrected chi connectivity index (χ0v) is 10.0. The van der Waals surface area contributed by atoms with Crippen LogP contribution in [0.2, 0.25) is 0 Å². The van der Waals surface area contributed by atoms with Gasteiger partial charge >= 0.3 is 0 Å². The monoisotopic (exact) mass is 244 g/mol. The lowest BCUT2D eigenvalue weighted by Gasteiger charge is -2.10. The molecule has 0 aromatic carbocycles. The van der Waals surface area contributed by atoms with Crippen molar-refractivity contribution in [2.75, 3.05) is 32.7 Å². The van der Waals surface area contributed by atoms with Gasteiger partial charge < -0.3 is 14.6 Å². The Morgan fingerprint density at radius 2 is 2.38 bits per heavy atom. The van der Waals surface area contributed by atoms with E-state index in [9.17, 15) is 5.11 Å². The molecule has 0 spiro atoms. The SMILES string of the molecule is COCCOCC(O)CSc1ccncn1. The minimum Gasteiger partial charge on any atom is -0.390 e. The molecule has 0 aliphatic heterocycles. The molecular formula is C10H16N2O3S. The molecule has 0 amide bonds. The third-order valence-electron chi connectivity index (χ3n) is 1.72. The van der Waals surface area contributed by atoms with Crippen LogP contribution >= 0.6 is 11.8 Å². The Labute approximate surface area is 99.2 Å². The number of hydrogen-bond acceptors (Lipinski definition) is 6. The summed E-state index contributed by atoms with van der Waals surface area (Å²) in [6.07, 6.45) is 2.68. The van der Waals surface area contributed by atoms with Crippen molar-refractivity contribution in [3.8, 4) is 0 Å². The largest absolute Gasteiger partial charge is 0.390 e. The molecule has 0 aliphatic rings. The Morgan fingerprint density at radius 3 is 3.06 bits per heavy atom. The van der Waals surface area contributed by atoms with Crippen LogP contribution in [0.4, 0.5) is 0 Å². The molecule has 0 radical (unpaired) electrons. The summed E-state index contributed by atoms with van der Waals surface area (Å²) in [6.45, 7) is 1.37. The number of rotatable bonds is 8. The number of hydrogen-bond donors (Lipinski definition) is 1. The van der Waals surface area contributed by atoms with Gasteiger partial charge in [-0.3, -0.25) is 0 Å². The van der Waals surface area contributed by atoms with Crippen molar-refractivity contribution in [1.29, 1.82) is 0 Å². The lowest BCUT2D eigenvalue weighted by molar-refractivity contribution is 0.0218. The number of aromatic nitrogens is 2. The van der Waals surface area contributed by atoms with Crippen LogP contribution in [0.15, 0.2) is 23.6 Å². The molecule has 6 heteroatoms. The summed E-state index contributed by atoms with van der Waals surface area (Å²) < 4.78 is 10.0. The fourth-order valence-corrected chi connectivity index (χ4v) is 1.69. The Bertz CT molecular complexity index is 274. The Kier molecular flexibility index (Phi) is 7.07. The third-order valence-corrected chi connectivity index (χ3v) is 2.81. The molecule has 0 saturated carbocycles. The van der Waals surface area contributed by atoms with Crippen LogP contribution in [0.1, 0.15) is 0 Å². The molecule has 1 aromatic rings. The minimum absolute atomic E-state index is 0.321. The second-order valence-corrected chi connectivity index (χ2v) is 4.12. The summed E-state index contributed by atoms with van der Waals surface area (Å²) in [7, 11) is 1.62. The highest BCUT2D eigenvalue weighted by atomic mass is 32.2. The number of ether oxygens (including phenoxy) is 2. The number of methoxy groups -OCH3 is 1. The van der Waals surface area contributed by atoms with Crippen molar-refractivity contribution in [2.24, 2.45) is 0 Å². The Hall–Kier alpha value is -0.690. The highest BCUT2D eigenvalue weighted by Crippen LogP contribution is 2.14. The van der Waals surface area contributed by atoms with Crippen LogP contribution in [0, 0.1) is 0 Å². The predicted octanol–water partition coefficient (Wildman–Crippen LogP) is 0.593. The number of aliphatic hydroxyl groups excluding tert-OH is 1. The molecule has 0 saturated heterocycles. The van der Waals surface area contributed by atoms with E-state index in [0.29, 0.717) is 25.6 Å². The summed E-state index contributed by atoms with van der Waals surface area (Å²) in [5, 5.41) is 10.4. The first kappa shape index (κ1) is 13.4. The van der Waals surface area contributed by atoms with Gasteiger partial charge in [-0.15, -0.1) is 11.8 Å². The molecule has 1 rings (SSSR count). The maximum Gasteiger partial charge on any atom is 0.116 e. The van der Waals surface area contributed by atoms with Crippen molar-refractivity contribution in [3.63, 3.8) is 0 Å². The summed E-state index contributed by atoms with van der Waals surface area (Å²) in [5.74, 6) is 0.560. The molecule has 0 aliphatic carbocycles. The highest BCUT2D eigenvalue weighted by molar-refractivity contribution is 7.99. The van der Waals surface area contributed by atoms with E-state index in [2.05, 4.69) is 9.97 Å². The summed E-state index contributed by atoms with van der Waals surface area (Å²) in [5.41, 5.74) is 0. The molecular weight excluding hydrogens is 228 g/mol. The molecule has 0 fully saturated rings. The average molecular weight is 244 g/mol. The summed E-state index contributed by atoms with van der Waals surface area (Å²) >= 11 is 1.48. The molecule has 16 heavy (non-hydrogen) atoms. The van der Waals surface area contributed by atoms with E-state index in [1.165, 1.54) is 18.1 Å². The van der Waals surface area contributed by atoms with Crippen LogP contribution in [-0.2, 0) is 9.47 Å². The first-order valence-electron chi connectivity index (χ1n) is 4.96. The first-order valence-corrected chi connectivity index (χ1v) is 5.95. The average Bonchev–Trinajstić information content (AvgIpc) is 2.33. The Balaban J connectivity index is 2.08. The van der Waals surface area contributed by atoms with Gasteiger partial charge in [0, 0.05) is 19.1 Å². The standard InChI is InChI=1S/C10H16N2O3S/c1-14-4-5-15-6-9(13)7-16-10-2-3-11-8-12-10/h2-3,8-9,13H,4-7H2,1H3. The molecule has 0 bridgehead atoms. The van der Waals surface area contributed by atoms with Gasteiger partial charge in [-0.2, -0.15) is 0 Å². The molecule has 1 N–H and O–H groups in total. The van der Waals surface area contributed by atoms with Crippen molar-refractivity contribution in [3.05, 3.63) is 18.6 Å². The van der Waals surface area contributed by atoms with E-state index in [-0.39, 0.29) is 0 Å². The van der Waals surface area contributed by atoms with E-state index in [1.807, 2.05) is 6.07 Å². The van der Waals surface area contributed by atoms with Gasteiger partial charge in [0.2, 0.25) is 0 Å². The summed E-state index contributed by atoms with van der Waals surface area (Å²) in [6, 6.07) is 1.81. The topological polar surface area (TPSA) is 64.5 Å². The molecule has 90 valence electrons. The van der Waals surface area contributed by atoms with Gasteiger partial charge in [0.25, 0.3) is 0 Å². The summed E-state index contributed by atoms with van der Waals surface area (Å²) in [4.78, 5) is 7.86. The third kappa shape index (κ3) is 6.02. The van der Waals surface area contributed by atoms with E-state index in [0.717, 1.165) is 5.03 Å². The second-order valence-electron chi connectivity index (χ2n) is 3.08. The Morgan fingerprint density at radius 1 is 1.50 bits per heavy atom. The smallest absolute Gasteiger partial charge is 0.116 e. The molecule has 1 atom stereocenters. The lowest BCUT2D eigenvalue weighted by Crippen LogP contribution is -2.19. The molecule has 1 unspecified atom stereocenters. The van der Waals surface area contributed by atoms with Crippen molar-refractivity contribution < 1.29 is 14.6 Å². The van der Waals surface area contributed by atoms with Crippen LogP contribution in [0.5, 0.6) is 0 Å². The predicted molar refractivity (Wildman–Crippen MR) is 61.5 cm³/mol. The van der Waals surface area contributed by atoms with Crippen LogP contribution in [0.25, 0.3) is 0 Å². The minimum atomic E-state index is -0.489. The van der Waals surface area contributed by atoms with Crippen LogP contribution < -0.4 is 0 Å². The molecule has 1 aromatic heterocycles. The van der Waals surface area contributed by atoms with E-state index >= 15 is 0 Å². The first-order chi connectivity index (χ1) is 7.83. The number of nitrogens with zero attached hydrogens (tertiary/aromatic N) is 2. The number of aliphatic hydroxyl groups is 1. The maximum atomic E-state index is 9.58. The van der Waals surface area contributed by atoms with Crippen molar-refractivity contribution >= 4 is 11.8 Å². The van der Waals surface area contributed by atoms with Crippen LogP contribution in [-0.4, -0.2) is 53.9 Å². The normalized spacial score (nSPS) is 12.6. The fraction of sp³-hybridized carbons (Fsp3) is 0.600. The van der Waals surface area contributed by atoms with Gasteiger partial charge in [-0.25, -0.2) is 9.97 Å². The van der Waals surface area contributed by atoms with Crippen LogP contribution in [0.3, 0.4) is 0 Å². The van der Waals surface area contributed by atoms with Crippen molar-refractivity contribution in [2.45, 2.75) is 11.1 Å². The van der Waals surface area contributed by atoms with Gasteiger partial charge in [0.15, 0.2) is 0 Å². The number of thioether (sulfide) groups is 1. The van der Waals surface area contributed by atoms with Gasteiger partial charge in [-0.05, 0) is 6.07 Å². The van der Waals surface area contributed by atoms with Gasteiger partial charge in [0.05, 0.1) is 31.0 Å². The van der Waals surface area contributed by atoms with E-state index < -0.39 is 6.10 Å². The van der Waals surface area contributed by atoms with Gasteiger partial charge in [0.1, 0.15) is 6.33 Å². The molecule has 5 nitrogen and oxygen atoms in total. The van der Waals surface area contributed by atoms with Crippen molar-refractivity contribution in [1.82, 2.24) is 9.97 Å². The van der Waals surface area contributed by atoms with E-state index in [1.54, 1.807) is 13.3 Å². The van der Waals surface area contributed by atoms with Gasteiger partial charge in [-0.1, -0.05) is 0 Å². The van der Waals surface area contributed by atoms with E-state index in [4.69, 9.17) is 9.47 Å². The quantitative estimate of drug-likeness (QED) is 0.410. The second kappa shape index (κ2) is 8.46. The molecule has 1 heterocycles. The fourth-order valence-electron chi connectivity index (χ4n) is 0.955. The zero-order chi connectivity index (χ0) is 11.6. The lowest BCUT2D eigenvalue weighted by atomic mass is 10.4. The zero-order valence-electron chi connectivity index (χ0n) is 9.20. The highest BCUT2D eigenvalue weighted by Gasteiger charge is 2.05. The maximum absolute atomic E-state index is 9.58.